The highest BCUT2D eigenvalue weighted by Gasteiger charge is 2.32. The lowest BCUT2D eigenvalue weighted by Gasteiger charge is -2.29. The summed E-state index contributed by atoms with van der Waals surface area (Å²) in [4.78, 5) is 25.4. The van der Waals surface area contributed by atoms with E-state index < -0.39 is 5.97 Å². The monoisotopic (exact) mass is 305 g/mol. The third-order valence-electron chi connectivity index (χ3n) is 4.35. The molecular weight excluding hydrogens is 282 g/mol. The molecule has 0 saturated heterocycles. The highest BCUT2D eigenvalue weighted by atomic mass is 16.5. The van der Waals surface area contributed by atoms with Gasteiger partial charge >= 0.3 is 5.97 Å². The maximum absolute atomic E-state index is 12.6. The first-order valence-corrected chi connectivity index (χ1v) is 7.62. The maximum atomic E-state index is 12.6. The Labute approximate surface area is 130 Å². The Bertz CT molecular complexity index is 543. The molecule has 2 rings (SSSR count). The summed E-state index contributed by atoms with van der Waals surface area (Å²) in [5, 5.41) is 9.14. The first-order chi connectivity index (χ1) is 10.5. The highest BCUT2D eigenvalue weighted by molar-refractivity contribution is 5.80. The zero-order valence-corrected chi connectivity index (χ0v) is 13.1. The number of benzene rings is 1. The molecule has 120 valence electrons. The van der Waals surface area contributed by atoms with Crippen LogP contribution >= 0.6 is 0 Å². The quantitative estimate of drug-likeness (QED) is 0.908. The number of ether oxygens (including phenoxy) is 1. The van der Waals surface area contributed by atoms with E-state index in [9.17, 15) is 9.59 Å². The summed E-state index contributed by atoms with van der Waals surface area (Å²) < 4.78 is 5.30. The first-order valence-electron chi connectivity index (χ1n) is 7.62. The largest absolute Gasteiger partial charge is 0.496 e. The molecule has 0 spiro atoms. The van der Waals surface area contributed by atoms with Crippen molar-refractivity contribution in [3.63, 3.8) is 0 Å². The van der Waals surface area contributed by atoms with Crippen molar-refractivity contribution < 1.29 is 19.4 Å². The molecule has 5 nitrogen and oxygen atoms in total. The number of carboxylic acids is 1. The molecule has 1 fully saturated rings. The first kappa shape index (κ1) is 16.3. The van der Waals surface area contributed by atoms with Crippen molar-refractivity contribution in [3.05, 3.63) is 29.8 Å². The minimum absolute atomic E-state index is 0.0249. The second-order valence-corrected chi connectivity index (χ2v) is 5.90. The van der Waals surface area contributed by atoms with Gasteiger partial charge in [0, 0.05) is 25.1 Å². The number of hydrogen-bond donors (Lipinski definition) is 1. The van der Waals surface area contributed by atoms with Gasteiger partial charge in [0.1, 0.15) is 5.75 Å². The van der Waals surface area contributed by atoms with Crippen LogP contribution < -0.4 is 4.74 Å². The number of aliphatic carboxylic acids is 1. The van der Waals surface area contributed by atoms with Crippen LogP contribution in [0.3, 0.4) is 0 Å². The summed E-state index contributed by atoms with van der Waals surface area (Å²) >= 11 is 0. The van der Waals surface area contributed by atoms with Gasteiger partial charge in [0.2, 0.25) is 5.91 Å². The van der Waals surface area contributed by atoms with Gasteiger partial charge in [-0.15, -0.1) is 0 Å². The average molecular weight is 305 g/mol. The lowest BCUT2D eigenvalue weighted by Crippen LogP contribution is -2.36. The maximum Gasteiger partial charge on any atom is 0.306 e. The molecule has 22 heavy (non-hydrogen) atoms. The van der Waals surface area contributed by atoms with Crippen LogP contribution in [0.2, 0.25) is 0 Å². The van der Waals surface area contributed by atoms with E-state index in [2.05, 4.69) is 0 Å². The number of nitrogens with zero attached hydrogens (tertiary/aromatic N) is 1. The summed E-state index contributed by atoms with van der Waals surface area (Å²) in [6, 6.07) is 7.61. The van der Waals surface area contributed by atoms with E-state index in [4.69, 9.17) is 9.84 Å². The molecule has 0 radical (unpaired) electrons. The third kappa shape index (κ3) is 3.78. The molecule has 2 unspecified atom stereocenters. The van der Waals surface area contributed by atoms with Crippen molar-refractivity contribution in [3.8, 4) is 5.75 Å². The minimum atomic E-state index is -0.787. The number of carboxylic acid groups (broad SMARTS) is 1. The Morgan fingerprint density at radius 3 is 2.64 bits per heavy atom. The number of hydrogen-bond acceptors (Lipinski definition) is 3. The lowest BCUT2D eigenvalue weighted by atomic mass is 9.81. The van der Waals surface area contributed by atoms with E-state index in [-0.39, 0.29) is 17.7 Å². The van der Waals surface area contributed by atoms with Gasteiger partial charge in [0.15, 0.2) is 0 Å². The molecule has 1 amide bonds. The molecule has 0 bridgehead atoms. The van der Waals surface area contributed by atoms with Crippen LogP contribution in [-0.4, -0.2) is 36.0 Å². The summed E-state index contributed by atoms with van der Waals surface area (Å²) in [6.45, 7) is 0.469. The smallest absolute Gasteiger partial charge is 0.306 e. The minimum Gasteiger partial charge on any atom is -0.496 e. The van der Waals surface area contributed by atoms with Crippen LogP contribution in [0.1, 0.15) is 31.2 Å². The Morgan fingerprint density at radius 1 is 1.27 bits per heavy atom. The summed E-state index contributed by atoms with van der Waals surface area (Å²) in [7, 11) is 3.37. The molecule has 1 aliphatic carbocycles. The van der Waals surface area contributed by atoms with Crippen molar-refractivity contribution in [2.45, 2.75) is 32.2 Å². The van der Waals surface area contributed by atoms with Gasteiger partial charge in [-0.1, -0.05) is 24.6 Å². The van der Waals surface area contributed by atoms with Crippen LogP contribution in [0.15, 0.2) is 24.3 Å². The van der Waals surface area contributed by atoms with E-state index in [0.717, 1.165) is 24.2 Å². The predicted octanol–water partition coefficient (Wildman–Crippen LogP) is 2.54. The van der Waals surface area contributed by atoms with Crippen LogP contribution in [0.4, 0.5) is 0 Å². The average Bonchev–Trinajstić information content (AvgIpc) is 2.54. The van der Waals surface area contributed by atoms with Gasteiger partial charge in [0.05, 0.1) is 13.0 Å². The summed E-state index contributed by atoms with van der Waals surface area (Å²) in [5.41, 5.74) is 0.950. The van der Waals surface area contributed by atoms with Crippen molar-refractivity contribution in [1.29, 1.82) is 0 Å². The lowest BCUT2D eigenvalue weighted by molar-refractivity contribution is -0.145. The zero-order chi connectivity index (χ0) is 16.1. The predicted molar refractivity (Wildman–Crippen MR) is 82.6 cm³/mol. The van der Waals surface area contributed by atoms with Crippen molar-refractivity contribution >= 4 is 11.9 Å². The van der Waals surface area contributed by atoms with Gasteiger partial charge in [-0.25, -0.2) is 0 Å². The van der Waals surface area contributed by atoms with Crippen LogP contribution in [0.5, 0.6) is 5.75 Å². The van der Waals surface area contributed by atoms with E-state index in [1.165, 1.54) is 0 Å². The topological polar surface area (TPSA) is 66.8 Å². The van der Waals surface area contributed by atoms with Crippen LogP contribution in [-0.2, 0) is 16.1 Å². The molecular formula is C17H23NO4. The number of carbonyl (C=O) groups is 2. The molecule has 1 aliphatic rings. The standard InChI is InChI=1S/C17H23NO4/c1-18(11-14-6-3-4-9-15(14)22-2)16(19)12-7-5-8-13(10-12)17(20)21/h3-4,6,9,12-13H,5,7-8,10-11H2,1-2H3,(H,20,21). The number of amides is 1. The number of para-hydroxylation sites is 1. The fraction of sp³-hybridized carbons (Fsp3) is 0.529. The van der Waals surface area contributed by atoms with Crippen molar-refractivity contribution in [2.75, 3.05) is 14.2 Å². The zero-order valence-electron chi connectivity index (χ0n) is 13.1. The van der Waals surface area contributed by atoms with Gasteiger partial charge in [-0.3, -0.25) is 9.59 Å². The Kier molecular flexibility index (Phi) is 5.41. The highest BCUT2D eigenvalue weighted by Crippen LogP contribution is 2.31. The van der Waals surface area contributed by atoms with Crippen LogP contribution in [0, 0.1) is 11.8 Å². The SMILES string of the molecule is COc1ccccc1CN(C)C(=O)C1CCCC(C(=O)O)C1. The third-order valence-corrected chi connectivity index (χ3v) is 4.35. The number of carbonyl (C=O) groups excluding carboxylic acids is 1. The van der Waals surface area contributed by atoms with E-state index in [0.29, 0.717) is 19.4 Å². The molecule has 5 heteroatoms. The van der Waals surface area contributed by atoms with E-state index in [1.807, 2.05) is 24.3 Å². The molecule has 2 atom stereocenters. The summed E-state index contributed by atoms with van der Waals surface area (Å²) in [6.07, 6.45) is 2.70. The van der Waals surface area contributed by atoms with Gasteiger partial charge < -0.3 is 14.7 Å². The molecule has 1 N–H and O–H groups in total. The molecule has 1 aromatic rings. The number of methoxy groups -OCH3 is 1. The van der Waals surface area contributed by atoms with E-state index >= 15 is 0 Å². The van der Waals surface area contributed by atoms with Gasteiger partial charge in [0.25, 0.3) is 0 Å². The number of rotatable bonds is 5. The molecule has 1 aromatic carbocycles. The van der Waals surface area contributed by atoms with Crippen molar-refractivity contribution in [2.24, 2.45) is 11.8 Å². The molecule has 1 saturated carbocycles. The second kappa shape index (κ2) is 7.29. The fourth-order valence-electron chi connectivity index (χ4n) is 3.12. The second-order valence-electron chi connectivity index (χ2n) is 5.90. The Balaban J connectivity index is 2.01. The Morgan fingerprint density at radius 2 is 1.95 bits per heavy atom. The molecule has 0 heterocycles. The fourth-order valence-corrected chi connectivity index (χ4v) is 3.12. The van der Waals surface area contributed by atoms with Gasteiger partial charge in [-0.05, 0) is 25.3 Å². The van der Waals surface area contributed by atoms with Crippen LogP contribution in [0.25, 0.3) is 0 Å². The van der Waals surface area contributed by atoms with Crippen molar-refractivity contribution in [1.82, 2.24) is 4.90 Å². The van der Waals surface area contributed by atoms with E-state index in [1.54, 1.807) is 19.1 Å². The molecule has 0 aromatic heterocycles. The Hall–Kier alpha value is -2.04. The normalized spacial score (nSPS) is 21.2. The summed E-state index contributed by atoms with van der Waals surface area (Å²) in [5.74, 6) is -0.576. The van der Waals surface area contributed by atoms with Gasteiger partial charge in [-0.2, -0.15) is 0 Å². The molecule has 0 aliphatic heterocycles.